The second-order valence-corrected chi connectivity index (χ2v) is 12.0. The van der Waals surface area contributed by atoms with Crippen LogP contribution in [0.5, 0.6) is 0 Å². The van der Waals surface area contributed by atoms with Crippen molar-refractivity contribution in [3.8, 4) is 0 Å². The molecule has 182 valence electrons. The molecule has 1 aliphatic carbocycles. The smallest absolute Gasteiger partial charge is 0.208 e. The van der Waals surface area contributed by atoms with Crippen molar-refractivity contribution in [2.75, 3.05) is 25.9 Å². The second-order valence-electron chi connectivity index (χ2n) is 10.2. The quantitative estimate of drug-likeness (QED) is 0.516. The maximum atomic E-state index is 11.8. The van der Waals surface area contributed by atoms with Crippen LogP contribution < -0.4 is 4.72 Å². The molecule has 0 radical (unpaired) electrons. The highest BCUT2D eigenvalue weighted by molar-refractivity contribution is 7.88. The standard InChI is InChI=1S/C27H36N4O2S/c1-20-29-25-10-6-7-11-27(25)31(20)24-15-17-30(26-13-12-22(26)18-24)16-14-23(19-28-34(2,32)33)21-8-4-3-5-9-21/h3-11,22-24,26,28H,12-19H2,1-2H3/t22-,23?,24-,26?/m0/s1. The normalized spacial score (nSPS) is 24.4. The number of benzene rings is 2. The number of sulfonamides is 1. The third-order valence-electron chi connectivity index (χ3n) is 7.94. The van der Waals surface area contributed by atoms with E-state index in [1.807, 2.05) is 18.2 Å². The molecule has 2 fully saturated rings. The summed E-state index contributed by atoms with van der Waals surface area (Å²) in [7, 11) is -3.21. The van der Waals surface area contributed by atoms with E-state index in [1.54, 1.807) is 0 Å². The van der Waals surface area contributed by atoms with Crippen LogP contribution in [0.15, 0.2) is 54.6 Å². The summed E-state index contributed by atoms with van der Waals surface area (Å²) in [4.78, 5) is 7.52. The predicted molar refractivity (Wildman–Crippen MR) is 137 cm³/mol. The first-order valence-electron chi connectivity index (χ1n) is 12.6. The summed E-state index contributed by atoms with van der Waals surface area (Å²) in [5, 5.41) is 0. The fourth-order valence-corrected chi connectivity index (χ4v) is 6.58. The Hall–Kier alpha value is -2.22. The summed E-state index contributed by atoms with van der Waals surface area (Å²) < 4.78 is 28.8. The number of hydrogen-bond donors (Lipinski definition) is 1. The minimum atomic E-state index is -3.21. The van der Waals surface area contributed by atoms with Gasteiger partial charge < -0.3 is 9.47 Å². The van der Waals surface area contributed by atoms with Gasteiger partial charge in [0.05, 0.1) is 17.3 Å². The third kappa shape index (κ3) is 5.07. The molecule has 0 amide bonds. The topological polar surface area (TPSA) is 67.2 Å². The van der Waals surface area contributed by atoms with Crippen LogP contribution in [0.1, 0.15) is 55.5 Å². The van der Waals surface area contributed by atoms with Gasteiger partial charge in [-0.25, -0.2) is 18.1 Å². The molecule has 1 saturated heterocycles. The van der Waals surface area contributed by atoms with E-state index in [4.69, 9.17) is 4.98 Å². The number of fused-ring (bicyclic) bond motifs is 2. The Morgan fingerprint density at radius 3 is 2.56 bits per heavy atom. The van der Waals surface area contributed by atoms with E-state index in [2.05, 4.69) is 57.5 Å². The Morgan fingerprint density at radius 2 is 1.82 bits per heavy atom. The molecule has 5 rings (SSSR count). The summed E-state index contributed by atoms with van der Waals surface area (Å²) in [5.74, 6) is 2.03. The zero-order chi connectivity index (χ0) is 23.7. The van der Waals surface area contributed by atoms with Crippen LogP contribution in [0.4, 0.5) is 0 Å². The first-order chi connectivity index (χ1) is 16.4. The van der Waals surface area contributed by atoms with Crippen LogP contribution in [-0.2, 0) is 10.0 Å². The van der Waals surface area contributed by atoms with Crippen LogP contribution in [0.2, 0.25) is 0 Å². The molecule has 4 atom stereocenters. The van der Waals surface area contributed by atoms with Gasteiger partial charge in [-0.05, 0) is 75.1 Å². The van der Waals surface area contributed by atoms with E-state index in [-0.39, 0.29) is 5.92 Å². The van der Waals surface area contributed by atoms with Crippen LogP contribution in [-0.4, -0.2) is 54.8 Å². The summed E-state index contributed by atoms with van der Waals surface area (Å²) in [6, 6.07) is 20.0. The molecule has 0 bridgehead atoms. The molecule has 2 aromatic carbocycles. The fourth-order valence-electron chi connectivity index (χ4n) is 6.08. The van der Waals surface area contributed by atoms with Crippen molar-refractivity contribution in [3.05, 3.63) is 66.0 Å². The number of nitrogens with one attached hydrogen (secondary N) is 1. The predicted octanol–water partition coefficient (Wildman–Crippen LogP) is 4.48. The Kier molecular flexibility index (Phi) is 6.78. The molecule has 7 heteroatoms. The molecule has 3 aromatic rings. The Balaban J connectivity index is 1.30. The lowest BCUT2D eigenvalue weighted by Crippen LogP contribution is -2.46. The number of likely N-dealkylation sites (tertiary alicyclic amines) is 1. The van der Waals surface area contributed by atoms with Crippen molar-refractivity contribution in [2.45, 2.75) is 57.0 Å². The van der Waals surface area contributed by atoms with Crippen molar-refractivity contribution in [1.82, 2.24) is 19.2 Å². The molecular weight excluding hydrogens is 444 g/mol. The van der Waals surface area contributed by atoms with Crippen molar-refractivity contribution >= 4 is 21.1 Å². The molecule has 1 saturated carbocycles. The van der Waals surface area contributed by atoms with E-state index in [0.717, 1.165) is 43.2 Å². The molecule has 6 nitrogen and oxygen atoms in total. The Bertz CT molecular complexity index is 1220. The van der Waals surface area contributed by atoms with Gasteiger partial charge in [-0.15, -0.1) is 0 Å². The average Bonchev–Trinajstić information content (AvgIpc) is 3.07. The van der Waals surface area contributed by atoms with Crippen molar-refractivity contribution in [3.63, 3.8) is 0 Å². The lowest BCUT2D eigenvalue weighted by Gasteiger charge is -2.43. The summed E-state index contributed by atoms with van der Waals surface area (Å²) >= 11 is 0. The number of para-hydroxylation sites is 2. The molecule has 0 spiro atoms. The molecule has 2 heterocycles. The van der Waals surface area contributed by atoms with Gasteiger partial charge in [-0.1, -0.05) is 42.5 Å². The molecule has 2 aliphatic rings. The zero-order valence-corrected chi connectivity index (χ0v) is 21.0. The molecule has 1 aliphatic heterocycles. The molecule has 1 aromatic heterocycles. The van der Waals surface area contributed by atoms with Crippen molar-refractivity contribution < 1.29 is 8.42 Å². The highest BCUT2D eigenvalue weighted by atomic mass is 32.2. The van der Waals surface area contributed by atoms with E-state index >= 15 is 0 Å². The van der Waals surface area contributed by atoms with Gasteiger partial charge in [0.15, 0.2) is 0 Å². The van der Waals surface area contributed by atoms with Crippen LogP contribution in [0.3, 0.4) is 0 Å². The second kappa shape index (κ2) is 9.80. The van der Waals surface area contributed by atoms with Crippen LogP contribution in [0, 0.1) is 12.8 Å². The molecule has 34 heavy (non-hydrogen) atoms. The highest BCUT2D eigenvalue weighted by Gasteiger charge is 2.40. The molecule has 2 unspecified atom stereocenters. The first kappa shape index (κ1) is 23.5. The largest absolute Gasteiger partial charge is 0.325 e. The van der Waals surface area contributed by atoms with Gasteiger partial charge >= 0.3 is 0 Å². The summed E-state index contributed by atoms with van der Waals surface area (Å²) in [6.45, 7) is 4.68. The van der Waals surface area contributed by atoms with Gasteiger partial charge in [0.1, 0.15) is 5.82 Å². The Morgan fingerprint density at radius 1 is 1.06 bits per heavy atom. The van der Waals surface area contributed by atoms with Crippen LogP contribution in [0.25, 0.3) is 11.0 Å². The van der Waals surface area contributed by atoms with Gasteiger partial charge in [0, 0.05) is 25.2 Å². The molecule has 1 N–H and O–H groups in total. The monoisotopic (exact) mass is 480 g/mol. The first-order valence-corrected chi connectivity index (χ1v) is 14.5. The number of hydrogen-bond acceptors (Lipinski definition) is 4. The van der Waals surface area contributed by atoms with Crippen molar-refractivity contribution in [1.29, 1.82) is 0 Å². The van der Waals surface area contributed by atoms with Gasteiger partial charge in [0.25, 0.3) is 0 Å². The molecular formula is C27H36N4O2S. The fraction of sp³-hybridized carbons (Fsp3) is 0.519. The third-order valence-corrected chi connectivity index (χ3v) is 8.63. The highest BCUT2D eigenvalue weighted by Crippen LogP contribution is 2.43. The summed E-state index contributed by atoms with van der Waals surface area (Å²) in [5.41, 5.74) is 3.55. The van der Waals surface area contributed by atoms with E-state index in [9.17, 15) is 8.42 Å². The average molecular weight is 481 g/mol. The minimum Gasteiger partial charge on any atom is -0.325 e. The van der Waals surface area contributed by atoms with E-state index in [1.165, 1.54) is 36.6 Å². The van der Waals surface area contributed by atoms with E-state index < -0.39 is 10.0 Å². The van der Waals surface area contributed by atoms with Crippen molar-refractivity contribution in [2.24, 2.45) is 5.92 Å². The number of rotatable bonds is 8. The SMILES string of the molecule is Cc1nc2ccccc2n1[C@H]1CCN(CCC(CNS(C)(=O)=O)c2ccccc2)C2CC[C@H]2C1. The van der Waals surface area contributed by atoms with Crippen LogP contribution >= 0.6 is 0 Å². The van der Waals surface area contributed by atoms with Gasteiger partial charge in [-0.2, -0.15) is 0 Å². The lowest BCUT2D eigenvalue weighted by molar-refractivity contribution is 0.0701. The number of aryl methyl sites for hydroxylation is 1. The Labute approximate surface area is 203 Å². The van der Waals surface area contributed by atoms with E-state index in [0.29, 0.717) is 18.6 Å². The van der Waals surface area contributed by atoms with Gasteiger partial charge in [0.2, 0.25) is 10.0 Å². The maximum Gasteiger partial charge on any atom is 0.208 e. The summed E-state index contributed by atoms with van der Waals surface area (Å²) in [6.07, 6.45) is 7.13. The number of nitrogens with zero attached hydrogens (tertiary/aromatic N) is 3. The zero-order valence-electron chi connectivity index (χ0n) is 20.2. The number of aromatic nitrogens is 2. The number of imidazole rings is 1. The minimum absolute atomic E-state index is 0.174. The van der Waals surface area contributed by atoms with Gasteiger partial charge in [-0.3, -0.25) is 0 Å². The lowest BCUT2D eigenvalue weighted by atomic mass is 9.75. The maximum absolute atomic E-state index is 11.8.